The Morgan fingerprint density at radius 3 is 2.44 bits per heavy atom. The van der Waals surface area contributed by atoms with Crippen LogP contribution in [0.25, 0.3) is 0 Å². The second-order valence-corrected chi connectivity index (χ2v) is 6.47. The average molecular weight is 235 g/mol. The number of hydrogen-bond donors (Lipinski definition) is 1. The Balaban J connectivity index is 1.81. The fourth-order valence-corrected chi connectivity index (χ4v) is 2.67. The number of hydrogen-bond acceptors (Lipinski definition) is 2. The molecule has 0 bridgehead atoms. The Labute approximate surface area is 103 Å². The SMILES string of the molecule is CC(C)Sc1ccc(CNC2CCC2)cc1. The van der Waals surface area contributed by atoms with Gasteiger partial charge < -0.3 is 5.32 Å². The zero-order chi connectivity index (χ0) is 11.4. The maximum atomic E-state index is 3.59. The fraction of sp³-hybridized carbons (Fsp3) is 0.571. The topological polar surface area (TPSA) is 12.0 Å². The zero-order valence-electron chi connectivity index (χ0n) is 10.2. The minimum absolute atomic E-state index is 0.666. The van der Waals surface area contributed by atoms with Crippen molar-refractivity contribution in [1.82, 2.24) is 5.32 Å². The van der Waals surface area contributed by atoms with Gasteiger partial charge in [0, 0.05) is 22.7 Å². The average Bonchev–Trinajstić information content (AvgIpc) is 2.17. The van der Waals surface area contributed by atoms with Gasteiger partial charge >= 0.3 is 0 Å². The highest BCUT2D eigenvalue weighted by molar-refractivity contribution is 7.99. The van der Waals surface area contributed by atoms with Gasteiger partial charge in [-0.15, -0.1) is 11.8 Å². The predicted molar refractivity (Wildman–Crippen MR) is 71.9 cm³/mol. The summed E-state index contributed by atoms with van der Waals surface area (Å²) in [6.07, 6.45) is 4.13. The highest BCUT2D eigenvalue weighted by atomic mass is 32.2. The van der Waals surface area contributed by atoms with Gasteiger partial charge in [0.2, 0.25) is 0 Å². The van der Waals surface area contributed by atoms with Crippen molar-refractivity contribution in [2.24, 2.45) is 0 Å². The second-order valence-electron chi connectivity index (χ2n) is 4.82. The monoisotopic (exact) mass is 235 g/mol. The van der Waals surface area contributed by atoms with Crippen molar-refractivity contribution in [3.63, 3.8) is 0 Å². The Bertz CT molecular complexity index is 314. The molecule has 1 aromatic rings. The van der Waals surface area contributed by atoms with E-state index in [1.54, 1.807) is 0 Å². The van der Waals surface area contributed by atoms with E-state index >= 15 is 0 Å². The minimum atomic E-state index is 0.666. The van der Waals surface area contributed by atoms with Crippen molar-refractivity contribution in [3.05, 3.63) is 29.8 Å². The lowest BCUT2D eigenvalue weighted by atomic mass is 9.93. The molecule has 0 spiro atoms. The zero-order valence-corrected chi connectivity index (χ0v) is 11.0. The van der Waals surface area contributed by atoms with E-state index in [-0.39, 0.29) is 0 Å². The van der Waals surface area contributed by atoms with Gasteiger partial charge in [0.1, 0.15) is 0 Å². The van der Waals surface area contributed by atoms with Crippen molar-refractivity contribution in [2.45, 2.75) is 55.8 Å². The van der Waals surface area contributed by atoms with E-state index in [0.717, 1.165) is 12.6 Å². The number of thioether (sulfide) groups is 1. The summed E-state index contributed by atoms with van der Waals surface area (Å²) >= 11 is 1.93. The van der Waals surface area contributed by atoms with Crippen LogP contribution in [0.1, 0.15) is 38.7 Å². The summed E-state index contributed by atoms with van der Waals surface area (Å²) < 4.78 is 0. The minimum Gasteiger partial charge on any atom is -0.310 e. The molecule has 0 saturated heterocycles. The van der Waals surface area contributed by atoms with E-state index in [0.29, 0.717) is 5.25 Å². The maximum absolute atomic E-state index is 3.59. The first-order valence-corrected chi connectivity index (χ1v) is 7.11. The van der Waals surface area contributed by atoms with Crippen molar-refractivity contribution >= 4 is 11.8 Å². The van der Waals surface area contributed by atoms with Crippen LogP contribution in [0.15, 0.2) is 29.2 Å². The molecule has 0 atom stereocenters. The Hall–Kier alpha value is -0.470. The van der Waals surface area contributed by atoms with Gasteiger partial charge in [-0.25, -0.2) is 0 Å². The van der Waals surface area contributed by atoms with E-state index in [1.165, 1.54) is 29.7 Å². The highest BCUT2D eigenvalue weighted by Gasteiger charge is 2.15. The number of benzene rings is 1. The van der Waals surface area contributed by atoms with E-state index in [4.69, 9.17) is 0 Å². The molecule has 1 aliphatic carbocycles. The summed E-state index contributed by atoms with van der Waals surface area (Å²) in [5.74, 6) is 0. The van der Waals surface area contributed by atoms with Crippen LogP contribution in [0.5, 0.6) is 0 Å². The normalized spacial score (nSPS) is 16.4. The predicted octanol–water partition coefficient (Wildman–Crippen LogP) is 3.83. The van der Waals surface area contributed by atoms with E-state index in [2.05, 4.69) is 43.4 Å². The van der Waals surface area contributed by atoms with Crippen LogP contribution in [0.2, 0.25) is 0 Å². The number of rotatable bonds is 5. The molecule has 0 unspecified atom stereocenters. The molecule has 0 heterocycles. The lowest BCUT2D eigenvalue weighted by Gasteiger charge is -2.26. The van der Waals surface area contributed by atoms with Gasteiger partial charge in [0.25, 0.3) is 0 Å². The van der Waals surface area contributed by atoms with Gasteiger partial charge in [-0.1, -0.05) is 32.4 Å². The standard InChI is InChI=1S/C14H21NS/c1-11(2)16-14-8-6-12(7-9-14)10-15-13-4-3-5-13/h6-9,11,13,15H,3-5,10H2,1-2H3. The highest BCUT2D eigenvalue weighted by Crippen LogP contribution is 2.23. The summed E-state index contributed by atoms with van der Waals surface area (Å²) in [5, 5.41) is 4.25. The molecule has 1 N–H and O–H groups in total. The molecule has 0 amide bonds. The Morgan fingerprint density at radius 1 is 1.25 bits per heavy atom. The summed E-state index contributed by atoms with van der Waals surface area (Å²) in [6.45, 7) is 5.49. The summed E-state index contributed by atoms with van der Waals surface area (Å²) in [4.78, 5) is 1.38. The third-order valence-electron chi connectivity index (χ3n) is 3.00. The van der Waals surface area contributed by atoms with Gasteiger partial charge in [0.15, 0.2) is 0 Å². The molecular formula is C14H21NS. The molecule has 1 saturated carbocycles. The molecule has 0 radical (unpaired) electrons. The molecule has 88 valence electrons. The molecule has 0 aromatic heterocycles. The third-order valence-corrected chi connectivity index (χ3v) is 4.01. The van der Waals surface area contributed by atoms with Crippen LogP contribution in [-0.2, 0) is 6.54 Å². The van der Waals surface area contributed by atoms with Crippen LogP contribution in [-0.4, -0.2) is 11.3 Å². The number of nitrogens with one attached hydrogen (secondary N) is 1. The van der Waals surface area contributed by atoms with Gasteiger partial charge in [-0.3, -0.25) is 0 Å². The van der Waals surface area contributed by atoms with Crippen LogP contribution < -0.4 is 5.32 Å². The summed E-state index contributed by atoms with van der Waals surface area (Å²) in [5.41, 5.74) is 1.40. The molecule has 1 fully saturated rings. The molecule has 0 aliphatic heterocycles. The second kappa shape index (κ2) is 5.74. The molecule has 1 aliphatic rings. The smallest absolute Gasteiger partial charge is 0.0208 e. The largest absolute Gasteiger partial charge is 0.310 e. The Morgan fingerprint density at radius 2 is 1.94 bits per heavy atom. The van der Waals surface area contributed by atoms with Crippen molar-refractivity contribution in [2.75, 3.05) is 0 Å². The van der Waals surface area contributed by atoms with Crippen molar-refractivity contribution in [3.8, 4) is 0 Å². The first kappa shape index (κ1) is 12.0. The van der Waals surface area contributed by atoms with Gasteiger partial charge in [-0.05, 0) is 30.5 Å². The van der Waals surface area contributed by atoms with Crippen molar-refractivity contribution in [1.29, 1.82) is 0 Å². The molecule has 16 heavy (non-hydrogen) atoms. The molecule has 1 nitrogen and oxygen atoms in total. The molecule has 2 rings (SSSR count). The fourth-order valence-electron chi connectivity index (χ4n) is 1.83. The lowest BCUT2D eigenvalue weighted by Crippen LogP contribution is -2.34. The van der Waals surface area contributed by atoms with E-state index in [9.17, 15) is 0 Å². The van der Waals surface area contributed by atoms with E-state index in [1.807, 2.05) is 11.8 Å². The van der Waals surface area contributed by atoms with Crippen LogP contribution in [0.4, 0.5) is 0 Å². The van der Waals surface area contributed by atoms with Gasteiger partial charge in [0.05, 0.1) is 0 Å². The van der Waals surface area contributed by atoms with Crippen LogP contribution in [0, 0.1) is 0 Å². The van der Waals surface area contributed by atoms with Crippen molar-refractivity contribution < 1.29 is 0 Å². The molecular weight excluding hydrogens is 214 g/mol. The first-order chi connectivity index (χ1) is 7.74. The lowest BCUT2D eigenvalue weighted by molar-refractivity contribution is 0.338. The first-order valence-electron chi connectivity index (χ1n) is 6.23. The molecule has 2 heteroatoms. The Kier molecular flexibility index (Phi) is 4.30. The summed E-state index contributed by atoms with van der Waals surface area (Å²) in [7, 11) is 0. The summed E-state index contributed by atoms with van der Waals surface area (Å²) in [6, 6.07) is 9.75. The molecule has 1 aromatic carbocycles. The van der Waals surface area contributed by atoms with E-state index < -0.39 is 0 Å². The maximum Gasteiger partial charge on any atom is 0.0208 e. The quantitative estimate of drug-likeness (QED) is 0.778. The van der Waals surface area contributed by atoms with Crippen LogP contribution in [0.3, 0.4) is 0 Å². The van der Waals surface area contributed by atoms with Crippen LogP contribution >= 0.6 is 11.8 Å². The van der Waals surface area contributed by atoms with Gasteiger partial charge in [-0.2, -0.15) is 0 Å². The third kappa shape index (κ3) is 3.53.